The predicted molar refractivity (Wildman–Crippen MR) is 146 cm³/mol. The number of piperidine rings is 1. The lowest BCUT2D eigenvalue weighted by atomic mass is 9.93. The Morgan fingerprint density at radius 1 is 1.15 bits per heavy atom. The minimum absolute atomic E-state index is 0.0126. The summed E-state index contributed by atoms with van der Waals surface area (Å²) in [5.74, 6) is 0.175. The number of aromatic carboxylic acids is 1. The SMILES string of the molecule is O=C(O)c1cc2nc(CN3CCC(c4cccc(OCc5ccc(Cl)cc5F)n4)CC3)n(C[C@@H]3CCO3)c2cn1. The third-order valence-corrected chi connectivity index (χ3v) is 7.85. The molecule has 1 N–H and O–H groups in total. The molecule has 0 bridgehead atoms. The van der Waals surface area contributed by atoms with Crippen LogP contribution >= 0.6 is 11.6 Å². The van der Waals surface area contributed by atoms with Gasteiger partial charge in [-0.2, -0.15) is 0 Å². The molecule has 5 heterocycles. The average molecular weight is 566 g/mol. The van der Waals surface area contributed by atoms with Crippen LogP contribution in [0.15, 0.2) is 48.7 Å². The van der Waals surface area contributed by atoms with E-state index in [0.717, 1.165) is 56.0 Å². The topological polar surface area (TPSA) is 103 Å². The largest absolute Gasteiger partial charge is 0.477 e. The van der Waals surface area contributed by atoms with Crippen LogP contribution < -0.4 is 4.74 Å². The lowest BCUT2D eigenvalue weighted by Crippen LogP contribution is -2.35. The van der Waals surface area contributed by atoms with E-state index in [1.165, 1.54) is 12.1 Å². The first-order valence-corrected chi connectivity index (χ1v) is 13.8. The fraction of sp³-hybridized carbons (Fsp3) is 0.379. The number of carboxylic acids is 1. The first-order valence-electron chi connectivity index (χ1n) is 13.4. The van der Waals surface area contributed by atoms with E-state index in [1.54, 1.807) is 24.4 Å². The van der Waals surface area contributed by atoms with Gasteiger partial charge in [0.15, 0.2) is 0 Å². The Morgan fingerprint density at radius 3 is 2.70 bits per heavy atom. The molecule has 0 saturated carbocycles. The Balaban J connectivity index is 1.11. The van der Waals surface area contributed by atoms with Crippen LogP contribution in [0.25, 0.3) is 11.0 Å². The van der Waals surface area contributed by atoms with Gasteiger partial charge in [0.2, 0.25) is 5.88 Å². The molecular weight excluding hydrogens is 537 g/mol. The summed E-state index contributed by atoms with van der Waals surface area (Å²) < 4.78 is 27.7. The fourth-order valence-corrected chi connectivity index (χ4v) is 5.42. The van der Waals surface area contributed by atoms with Crippen LogP contribution in [-0.2, 0) is 24.4 Å². The van der Waals surface area contributed by atoms with Gasteiger partial charge in [-0.15, -0.1) is 0 Å². The second-order valence-corrected chi connectivity index (χ2v) is 10.7. The molecule has 4 aromatic rings. The molecule has 6 rings (SSSR count). The smallest absolute Gasteiger partial charge is 0.354 e. The molecule has 9 nitrogen and oxygen atoms in total. The van der Waals surface area contributed by atoms with E-state index in [0.29, 0.717) is 35.1 Å². The van der Waals surface area contributed by atoms with Crippen molar-refractivity contribution < 1.29 is 23.8 Å². The van der Waals surface area contributed by atoms with E-state index in [2.05, 4.69) is 14.5 Å². The van der Waals surface area contributed by atoms with Gasteiger partial charge >= 0.3 is 5.97 Å². The quantitative estimate of drug-likeness (QED) is 0.300. The van der Waals surface area contributed by atoms with Gasteiger partial charge in [-0.3, -0.25) is 4.90 Å². The number of aromatic nitrogens is 4. The van der Waals surface area contributed by atoms with Crippen molar-refractivity contribution in [2.24, 2.45) is 0 Å². The number of imidazole rings is 1. The van der Waals surface area contributed by atoms with Crippen molar-refractivity contribution in [1.82, 2.24) is 24.4 Å². The fourth-order valence-electron chi connectivity index (χ4n) is 5.26. The average Bonchev–Trinajstić information content (AvgIpc) is 3.26. The summed E-state index contributed by atoms with van der Waals surface area (Å²) in [6.07, 6.45) is 4.59. The predicted octanol–water partition coefficient (Wildman–Crippen LogP) is 5.06. The van der Waals surface area contributed by atoms with Crippen LogP contribution in [0.2, 0.25) is 5.02 Å². The van der Waals surface area contributed by atoms with Crippen molar-refractivity contribution in [3.05, 3.63) is 82.3 Å². The number of benzene rings is 1. The molecule has 0 spiro atoms. The van der Waals surface area contributed by atoms with Gasteiger partial charge in [0.1, 0.15) is 23.9 Å². The maximum Gasteiger partial charge on any atom is 0.354 e. The molecule has 2 aliphatic heterocycles. The number of pyridine rings is 2. The standard InChI is InChI=1S/C29H29ClFN5O4/c30-20-5-4-19(22(31)12-20)17-40-28-3-1-2-23(34-28)18-6-9-35(10-7-18)16-27-33-24-13-25(29(37)38)32-14-26(24)36(27)15-21-8-11-39-21/h1-5,12-14,18,21H,6-11,15-17H2,(H,37,38)/t21-/m0/s1. The maximum absolute atomic E-state index is 14.1. The van der Waals surface area contributed by atoms with Crippen LogP contribution in [0.4, 0.5) is 4.39 Å². The number of ether oxygens (including phenoxy) is 2. The number of rotatable bonds is 9. The van der Waals surface area contributed by atoms with E-state index < -0.39 is 11.8 Å². The molecule has 2 fully saturated rings. The number of carboxylic acid groups (broad SMARTS) is 1. The summed E-state index contributed by atoms with van der Waals surface area (Å²) in [6, 6.07) is 11.8. The van der Waals surface area contributed by atoms with Crippen molar-refractivity contribution in [3.8, 4) is 5.88 Å². The van der Waals surface area contributed by atoms with Gasteiger partial charge in [0, 0.05) is 34.9 Å². The molecule has 0 aliphatic carbocycles. The number of nitrogens with zero attached hydrogens (tertiary/aromatic N) is 5. The van der Waals surface area contributed by atoms with Gasteiger partial charge < -0.3 is 19.1 Å². The molecule has 2 aliphatic rings. The molecule has 11 heteroatoms. The van der Waals surface area contributed by atoms with Crippen molar-refractivity contribution in [2.75, 3.05) is 19.7 Å². The Hall–Kier alpha value is -3.60. The zero-order valence-corrected chi connectivity index (χ0v) is 22.6. The maximum atomic E-state index is 14.1. The van der Waals surface area contributed by atoms with E-state index in [1.807, 2.05) is 12.1 Å². The summed E-state index contributed by atoms with van der Waals surface area (Å²) in [5.41, 5.74) is 2.84. The molecule has 3 aromatic heterocycles. The third kappa shape index (κ3) is 5.79. The molecule has 0 radical (unpaired) electrons. The Bertz CT molecular complexity index is 1530. The summed E-state index contributed by atoms with van der Waals surface area (Å²) in [5, 5.41) is 9.70. The molecule has 2 saturated heterocycles. The zero-order chi connectivity index (χ0) is 27.6. The van der Waals surface area contributed by atoms with Crippen molar-refractivity contribution in [3.63, 3.8) is 0 Å². The summed E-state index contributed by atoms with van der Waals surface area (Å²) in [4.78, 5) is 27.4. The van der Waals surface area contributed by atoms with E-state index in [9.17, 15) is 14.3 Å². The van der Waals surface area contributed by atoms with Crippen LogP contribution in [0, 0.1) is 5.82 Å². The lowest BCUT2D eigenvalue weighted by molar-refractivity contribution is -0.0592. The third-order valence-electron chi connectivity index (χ3n) is 7.62. The lowest BCUT2D eigenvalue weighted by Gasteiger charge is -2.32. The summed E-state index contributed by atoms with van der Waals surface area (Å²) in [6.45, 7) is 3.91. The Kier molecular flexibility index (Phi) is 7.64. The molecule has 1 atom stereocenters. The van der Waals surface area contributed by atoms with E-state index in [-0.39, 0.29) is 24.3 Å². The second-order valence-electron chi connectivity index (χ2n) is 10.3. The molecular formula is C29H29ClFN5O4. The molecule has 40 heavy (non-hydrogen) atoms. The highest BCUT2D eigenvalue weighted by atomic mass is 35.5. The van der Waals surface area contributed by atoms with Gasteiger partial charge in [0.05, 0.1) is 36.4 Å². The second kappa shape index (κ2) is 11.5. The van der Waals surface area contributed by atoms with Crippen molar-refractivity contribution >= 4 is 28.6 Å². The van der Waals surface area contributed by atoms with Crippen LogP contribution in [0.5, 0.6) is 5.88 Å². The first kappa shape index (κ1) is 26.6. The van der Waals surface area contributed by atoms with Crippen LogP contribution in [0.3, 0.4) is 0 Å². The monoisotopic (exact) mass is 565 g/mol. The molecule has 208 valence electrons. The van der Waals surface area contributed by atoms with E-state index in [4.69, 9.17) is 31.0 Å². The van der Waals surface area contributed by atoms with Crippen molar-refractivity contribution in [1.29, 1.82) is 0 Å². The number of hydrogen-bond acceptors (Lipinski definition) is 7. The number of carbonyl (C=O) groups is 1. The highest BCUT2D eigenvalue weighted by Gasteiger charge is 2.26. The van der Waals surface area contributed by atoms with Crippen LogP contribution in [-0.4, -0.2) is 61.3 Å². The number of halogens is 2. The summed E-state index contributed by atoms with van der Waals surface area (Å²) >= 11 is 5.84. The van der Waals surface area contributed by atoms with Gasteiger partial charge in [-0.1, -0.05) is 23.7 Å². The number of likely N-dealkylation sites (tertiary alicyclic amines) is 1. The normalized spacial score (nSPS) is 18.1. The van der Waals surface area contributed by atoms with E-state index >= 15 is 0 Å². The summed E-state index contributed by atoms with van der Waals surface area (Å²) in [7, 11) is 0. The van der Waals surface area contributed by atoms with Gasteiger partial charge in [-0.05, 0) is 56.6 Å². The van der Waals surface area contributed by atoms with Crippen molar-refractivity contribution in [2.45, 2.75) is 51.0 Å². The highest BCUT2D eigenvalue weighted by Crippen LogP contribution is 2.30. The van der Waals surface area contributed by atoms with Gasteiger partial charge in [-0.25, -0.2) is 24.1 Å². The minimum atomic E-state index is -1.07. The molecule has 1 aromatic carbocycles. The highest BCUT2D eigenvalue weighted by molar-refractivity contribution is 6.30. The Labute approximate surface area is 235 Å². The minimum Gasteiger partial charge on any atom is -0.477 e. The van der Waals surface area contributed by atoms with Crippen LogP contribution in [0.1, 0.15) is 52.8 Å². The zero-order valence-electron chi connectivity index (χ0n) is 21.8. The molecule has 0 amide bonds. The molecule has 0 unspecified atom stereocenters. The first-order chi connectivity index (χ1) is 19.4. The number of hydrogen-bond donors (Lipinski definition) is 1. The Morgan fingerprint density at radius 2 is 1.98 bits per heavy atom. The van der Waals surface area contributed by atoms with Gasteiger partial charge in [0.25, 0.3) is 0 Å². The number of fused-ring (bicyclic) bond motifs is 1.